The molecule has 0 radical (unpaired) electrons. The summed E-state index contributed by atoms with van der Waals surface area (Å²) in [6.45, 7) is 1.87. The number of aromatic nitrogens is 1. The number of nitrogens with one attached hydrogen (secondary N) is 1. The van der Waals surface area contributed by atoms with Gasteiger partial charge in [0.1, 0.15) is 0 Å². The smallest absolute Gasteiger partial charge is 0.337 e. The number of hydrogen-bond acceptors (Lipinski definition) is 4. The van der Waals surface area contributed by atoms with E-state index < -0.39 is 5.97 Å². The van der Waals surface area contributed by atoms with E-state index in [2.05, 4.69) is 5.32 Å². The lowest BCUT2D eigenvalue weighted by Gasteiger charge is -2.13. The van der Waals surface area contributed by atoms with E-state index in [0.717, 1.165) is 27.7 Å². The molecule has 0 fully saturated rings. The maximum atomic E-state index is 13.3. The van der Waals surface area contributed by atoms with Gasteiger partial charge in [-0.1, -0.05) is 54.6 Å². The summed E-state index contributed by atoms with van der Waals surface area (Å²) in [5.41, 5.74) is 4.69. The van der Waals surface area contributed by atoms with E-state index in [0.29, 0.717) is 16.8 Å². The second-order valence-electron chi connectivity index (χ2n) is 6.91. The van der Waals surface area contributed by atoms with Crippen LogP contribution in [0.2, 0.25) is 0 Å². The average molecular weight is 433 g/mol. The van der Waals surface area contributed by atoms with Gasteiger partial charge in [0.2, 0.25) is 0 Å². The molecule has 31 heavy (non-hydrogen) atoms. The third kappa shape index (κ3) is 4.57. The molecule has 6 heteroatoms. The number of methoxy groups -OCH3 is 1. The van der Waals surface area contributed by atoms with Gasteiger partial charge in [0.05, 0.1) is 29.4 Å². The fourth-order valence-electron chi connectivity index (χ4n) is 3.31. The minimum atomic E-state index is -0.453. The number of pyridine rings is 1. The number of carbonyl (C=O) groups excluding carboxylic acids is 2. The fraction of sp³-hybridized carbons (Fsp3) is 0.0800. The van der Waals surface area contributed by atoms with Crippen LogP contribution in [0.25, 0.3) is 22.2 Å². The molecule has 5 nitrogen and oxygen atoms in total. The van der Waals surface area contributed by atoms with Gasteiger partial charge in [0.25, 0.3) is 5.91 Å². The van der Waals surface area contributed by atoms with Crippen LogP contribution < -0.4 is 5.32 Å². The average Bonchev–Trinajstić information content (AvgIpc) is 2.79. The number of halogens is 1. The maximum Gasteiger partial charge on any atom is 0.337 e. The fourth-order valence-corrected chi connectivity index (χ4v) is 3.31. The Morgan fingerprint density at radius 1 is 0.903 bits per heavy atom. The van der Waals surface area contributed by atoms with Crippen LogP contribution in [0.5, 0.6) is 0 Å². The first kappa shape index (κ1) is 22.0. The number of esters is 1. The van der Waals surface area contributed by atoms with Crippen LogP contribution in [-0.2, 0) is 4.74 Å². The molecular formula is C25H21ClN2O3. The molecule has 1 N–H and O–H groups in total. The SMILES string of the molecule is COC(=O)c1ccc(C)c(NC(=O)c2cc(-c3ccccc3)nc3ccccc23)c1.Cl. The summed E-state index contributed by atoms with van der Waals surface area (Å²) in [5.74, 6) is -0.720. The minimum absolute atomic E-state index is 0. The molecule has 0 bridgehead atoms. The molecule has 1 heterocycles. The van der Waals surface area contributed by atoms with E-state index in [1.807, 2.05) is 61.5 Å². The summed E-state index contributed by atoms with van der Waals surface area (Å²) >= 11 is 0. The van der Waals surface area contributed by atoms with Gasteiger partial charge in [0, 0.05) is 16.6 Å². The lowest BCUT2D eigenvalue weighted by molar-refractivity contribution is 0.0600. The Morgan fingerprint density at radius 2 is 1.61 bits per heavy atom. The second kappa shape index (κ2) is 9.41. The standard InChI is InChI=1S/C25H20N2O3.ClH/c1-16-12-13-18(25(29)30-2)14-22(16)27-24(28)20-15-23(17-8-4-3-5-9-17)26-21-11-7-6-10-19(20)21;/h3-15H,1-2H3,(H,27,28);1H. The Morgan fingerprint density at radius 3 is 2.35 bits per heavy atom. The molecule has 1 aromatic heterocycles. The highest BCUT2D eigenvalue weighted by molar-refractivity contribution is 6.13. The number of rotatable bonds is 4. The first-order valence-corrected chi connectivity index (χ1v) is 9.52. The molecule has 0 saturated heterocycles. The summed E-state index contributed by atoms with van der Waals surface area (Å²) in [4.78, 5) is 29.8. The lowest BCUT2D eigenvalue weighted by atomic mass is 10.0. The van der Waals surface area contributed by atoms with Crippen molar-refractivity contribution in [2.75, 3.05) is 12.4 Å². The van der Waals surface area contributed by atoms with Crippen LogP contribution in [0.15, 0.2) is 78.9 Å². The lowest BCUT2D eigenvalue weighted by Crippen LogP contribution is -2.14. The zero-order valence-electron chi connectivity index (χ0n) is 17.1. The quantitative estimate of drug-likeness (QED) is 0.422. The molecule has 0 aliphatic carbocycles. The van der Waals surface area contributed by atoms with E-state index in [1.165, 1.54) is 7.11 Å². The van der Waals surface area contributed by atoms with Crippen LogP contribution in [0.3, 0.4) is 0 Å². The number of amides is 1. The molecule has 0 aliphatic heterocycles. The first-order chi connectivity index (χ1) is 14.6. The maximum absolute atomic E-state index is 13.3. The number of ether oxygens (including phenoxy) is 1. The molecule has 0 saturated carbocycles. The van der Waals surface area contributed by atoms with Crippen LogP contribution in [0.4, 0.5) is 5.69 Å². The third-order valence-electron chi connectivity index (χ3n) is 4.94. The second-order valence-corrected chi connectivity index (χ2v) is 6.91. The predicted octanol–water partition coefficient (Wildman–Crippen LogP) is 5.67. The van der Waals surface area contributed by atoms with Crippen molar-refractivity contribution in [2.24, 2.45) is 0 Å². The van der Waals surface area contributed by atoms with Crippen LogP contribution in [0.1, 0.15) is 26.3 Å². The molecule has 0 spiro atoms. The number of nitrogens with zero attached hydrogens (tertiary/aromatic N) is 1. The number of aryl methyl sites for hydroxylation is 1. The molecular weight excluding hydrogens is 412 g/mol. The molecule has 3 aromatic carbocycles. The summed E-state index contributed by atoms with van der Waals surface area (Å²) in [7, 11) is 1.33. The Labute approximate surface area is 186 Å². The molecule has 0 atom stereocenters. The van der Waals surface area contributed by atoms with Crippen molar-refractivity contribution in [3.05, 3.63) is 95.6 Å². The topological polar surface area (TPSA) is 68.3 Å². The number of benzene rings is 3. The normalized spacial score (nSPS) is 10.3. The Balaban J connectivity index is 0.00000272. The molecule has 0 aliphatic rings. The van der Waals surface area contributed by atoms with Crippen molar-refractivity contribution < 1.29 is 14.3 Å². The van der Waals surface area contributed by atoms with Crippen molar-refractivity contribution in [3.8, 4) is 11.3 Å². The van der Waals surface area contributed by atoms with Crippen molar-refractivity contribution in [1.82, 2.24) is 4.98 Å². The Bertz CT molecular complexity index is 1260. The van der Waals surface area contributed by atoms with Gasteiger partial charge in [-0.25, -0.2) is 9.78 Å². The van der Waals surface area contributed by atoms with Gasteiger partial charge in [-0.3, -0.25) is 4.79 Å². The molecule has 1 amide bonds. The van der Waals surface area contributed by atoms with Gasteiger partial charge in [-0.15, -0.1) is 12.4 Å². The monoisotopic (exact) mass is 432 g/mol. The molecule has 4 aromatic rings. The highest BCUT2D eigenvalue weighted by atomic mass is 35.5. The van der Waals surface area contributed by atoms with E-state index in [9.17, 15) is 9.59 Å². The van der Waals surface area contributed by atoms with Crippen molar-refractivity contribution in [3.63, 3.8) is 0 Å². The summed E-state index contributed by atoms with van der Waals surface area (Å²) in [6, 6.07) is 24.2. The largest absolute Gasteiger partial charge is 0.465 e. The molecule has 0 unspecified atom stereocenters. The van der Waals surface area contributed by atoms with Crippen LogP contribution in [0, 0.1) is 6.92 Å². The third-order valence-corrected chi connectivity index (χ3v) is 4.94. The predicted molar refractivity (Wildman–Crippen MR) is 125 cm³/mol. The Hall–Kier alpha value is -3.70. The Kier molecular flexibility index (Phi) is 6.68. The van der Waals surface area contributed by atoms with E-state index >= 15 is 0 Å². The number of para-hydroxylation sites is 1. The molecule has 156 valence electrons. The molecule has 4 rings (SSSR count). The van der Waals surface area contributed by atoms with Gasteiger partial charge in [0.15, 0.2) is 0 Å². The van der Waals surface area contributed by atoms with E-state index in [1.54, 1.807) is 24.3 Å². The van der Waals surface area contributed by atoms with Crippen LogP contribution in [-0.4, -0.2) is 24.0 Å². The number of fused-ring (bicyclic) bond motifs is 1. The number of carbonyl (C=O) groups is 2. The van der Waals surface area contributed by atoms with Gasteiger partial charge < -0.3 is 10.1 Å². The number of hydrogen-bond donors (Lipinski definition) is 1. The zero-order chi connectivity index (χ0) is 21.1. The minimum Gasteiger partial charge on any atom is -0.465 e. The van der Waals surface area contributed by atoms with Gasteiger partial charge in [-0.2, -0.15) is 0 Å². The summed E-state index contributed by atoms with van der Waals surface area (Å²) in [6.07, 6.45) is 0. The van der Waals surface area contributed by atoms with Gasteiger partial charge in [-0.05, 0) is 36.8 Å². The summed E-state index contributed by atoms with van der Waals surface area (Å²) < 4.78 is 4.78. The van der Waals surface area contributed by atoms with Crippen molar-refractivity contribution in [2.45, 2.75) is 6.92 Å². The van der Waals surface area contributed by atoms with Crippen molar-refractivity contribution >= 4 is 40.9 Å². The van der Waals surface area contributed by atoms with Crippen LogP contribution >= 0.6 is 12.4 Å². The van der Waals surface area contributed by atoms with E-state index in [-0.39, 0.29) is 18.3 Å². The number of anilines is 1. The zero-order valence-corrected chi connectivity index (χ0v) is 17.9. The van der Waals surface area contributed by atoms with Crippen molar-refractivity contribution in [1.29, 1.82) is 0 Å². The van der Waals surface area contributed by atoms with E-state index in [4.69, 9.17) is 9.72 Å². The summed E-state index contributed by atoms with van der Waals surface area (Å²) in [5, 5.41) is 3.70. The first-order valence-electron chi connectivity index (χ1n) is 9.52. The highest BCUT2D eigenvalue weighted by Crippen LogP contribution is 2.26. The van der Waals surface area contributed by atoms with Gasteiger partial charge >= 0.3 is 5.97 Å². The highest BCUT2D eigenvalue weighted by Gasteiger charge is 2.16.